The van der Waals surface area contributed by atoms with Gasteiger partial charge in [-0.2, -0.15) is 0 Å². The van der Waals surface area contributed by atoms with E-state index in [-0.39, 0.29) is 23.8 Å². The van der Waals surface area contributed by atoms with Crippen molar-refractivity contribution < 1.29 is 9.59 Å². The first-order valence-electron chi connectivity index (χ1n) is 18.6. The van der Waals surface area contributed by atoms with Gasteiger partial charge in [-0.15, -0.1) is 0 Å². The summed E-state index contributed by atoms with van der Waals surface area (Å²) in [5.74, 6) is 1.48. The highest BCUT2D eigenvalue weighted by Crippen LogP contribution is 2.37. The van der Waals surface area contributed by atoms with Gasteiger partial charge in [0.15, 0.2) is 5.65 Å². The Hall–Kier alpha value is -6.53. The van der Waals surface area contributed by atoms with E-state index in [1.165, 1.54) is 6.33 Å². The lowest BCUT2D eigenvalue weighted by molar-refractivity contribution is -0.131. The van der Waals surface area contributed by atoms with Crippen molar-refractivity contribution >= 4 is 57.5 Å². The van der Waals surface area contributed by atoms with Gasteiger partial charge in [0.05, 0.1) is 29.2 Å². The van der Waals surface area contributed by atoms with E-state index in [4.69, 9.17) is 15.7 Å². The maximum atomic E-state index is 13.7. The number of imidazole rings is 1. The van der Waals surface area contributed by atoms with Crippen LogP contribution in [0.5, 0.6) is 0 Å². The fraction of sp³-hybridized carbons (Fsp3) is 0.182. The van der Waals surface area contributed by atoms with Crippen molar-refractivity contribution in [1.29, 1.82) is 0 Å². The minimum Gasteiger partial charge on any atom is -0.399 e. The van der Waals surface area contributed by atoms with E-state index >= 15 is 0 Å². The second kappa shape index (κ2) is 16.1. The molecule has 1 saturated heterocycles. The zero-order valence-corrected chi connectivity index (χ0v) is 31.9. The molecule has 1 aliphatic rings. The van der Waals surface area contributed by atoms with Crippen molar-refractivity contribution in [1.82, 2.24) is 29.8 Å². The fourth-order valence-corrected chi connectivity index (χ4v) is 7.71. The lowest BCUT2D eigenvalue weighted by Gasteiger charge is -2.23. The molecule has 1 fully saturated rings. The van der Waals surface area contributed by atoms with Gasteiger partial charge in [-0.05, 0) is 91.1 Å². The lowest BCUT2D eigenvalue weighted by atomic mass is 10.1. The lowest BCUT2D eigenvalue weighted by Crippen LogP contribution is -2.32. The number of hydrogen-bond donors (Lipinski definition) is 4. The molecule has 3 aromatic heterocycles. The molecule has 0 bridgehead atoms. The number of anilines is 4. The summed E-state index contributed by atoms with van der Waals surface area (Å²) in [6.45, 7) is 4.91. The number of benzene rings is 4. The number of fused-ring (bicyclic) bond motifs is 1. The Morgan fingerprint density at radius 3 is 2.52 bits per heavy atom. The van der Waals surface area contributed by atoms with Crippen LogP contribution in [0.4, 0.5) is 22.9 Å². The number of aromatic nitrogens is 5. The number of carbonyl (C=O) groups is 2. The van der Waals surface area contributed by atoms with Gasteiger partial charge in [-0.3, -0.25) is 9.59 Å². The third-order valence-electron chi connectivity index (χ3n) is 9.84. The largest absolute Gasteiger partial charge is 0.399 e. The summed E-state index contributed by atoms with van der Waals surface area (Å²) in [5, 5.41) is 7.29. The van der Waals surface area contributed by atoms with E-state index < -0.39 is 0 Å². The Labute approximate surface area is 329 Å². The number of likely N-dealkylation sites (tertiary alicyclic amines) is 1. The third kappa shape index (κ3) is 8.10. The molecule has 56 heavy (non-hydrogen) atoms. The predicted octanol–water partition coefficient (Wildman–Crippen LogP) is 9.17. The summed E-state index contributed by atoms with van der Waals surface area (Å²) >= 11 is 1.55. The third-order valence-corrected chi connectivity index (χ3v) is 10.9. The smallest absolute Gasteiger partial charge is 0.255 e. The molecule has 0 spiro atoms. The van der Waals surface area contributed by atoms with Gasteiger partial charge in [0.25, 0.3) is 5.91 Å². The first-order valence-corrected chi connectivity index (χ1v) is 19.5. The number of nitrogen functional groups attached to an aromatic ring is 1. The molecule has 11 nitrogen and oxygen atoms in total. The number of nitrogens with one attached hydrogen (secondary N) is 3. The van der Waals surface area contributed by atoms with Gasteiger partial charge in [-0.25, -0.2) is 19.9 Å². The van der Waals surface area contributed by atoms with Crippen LogP contribution in [0.2, 0.25) is 0 Å². The van der Waals surface area contributed by atoms with E-state index in [2.05, 4.69) is 39.4 Å². The fourth-order valence-electron chi connectivity index (χ4n) is 6.83. The molecule has 4 aromatic carbocycles. The van der Waals surface area contributed by atoms with E-state index in [0.717, 1.165) is 62.9 Å². The summed E-state index contributed by atoms with van der Waals surface area (Å²) in [4.78, 5) is 52.7. The Morgan fingerprint density at radius 1 is 0.929 bits per heavy atom. The minimum absolute atomic E-state index is 0.0864. The van der Waals surface area contributed by atoms with Crippen molar-refractivity contribution in [2.24, 2.45) is 0 Å². The number of H-pyrrole nitrogens is 1. The highest BCUT2D eigenvalue weighted by Gasteiger charge is 2.32. The normalized spacial score (nSPS) is 14.0. The summed E-state index contributed by atoms with van der Waals surface area (Å²) in [6.07, 6.45) is 5.54. The average Bonchev–Trinajstić information content (AvgIpc) is 3.91. The number of nitrogens with zero attached hydrogens (tertiary/aromatic N) is 5. The molecule has 1 aliphatic heterocycles. The van der Waals surface area contributed by atoms with Gasteiger partial charge in [0.2, 0.25) is 5.91 Å². The Kier molecular flexibility index (Phi) is 10.5. The summed E-state index contributed by atoms with van der Waals surface area (Å²) in [5.41, 5.74) is 12.7. The Bertz CT molecular complexity index is 2500. The zero-order chi connectivity index (χ0) is 38.6. The highest BCUT2D eigenvalue weighted by molar-refractivity contribution is 7.99. The first-order chi connectivity index (χ1) is 27.3. The minimum atomic E-state index is -0.260. The average molecular weight is 760 g/mol. The van der Waals surface area contributed by atoms with Gasteiger partial charge < -0.3 is 26.3 Å². The number of aromatic amines is 1. The van der Waals surface area contributed by atoms with Crippen molar-refractivity contribution in [3.05, 3.63) is 144 Å². The van der Waals surface area contributed by atoms with Crippen LogP contribution < -0.4 is 16.4 Å². The topological polar surface area (TPSA) is 155 Å². The number of nitrogens with two attached hydrogens (primary N) is 1. The van der Waals surface area contributed by atoms with Crippen LogP contribution in [-0.2, 0) is 11.2 Å². The zero-order valence-electron chi connectivity index (χ0n) is 31.1. The molecular formula is C44H41N9O2S. The van der Waals surface area contributed by atoms with Crippen LogP contribution in [0, 0.1) is 0 Å². The maximum absolute atomic E-state index is 13.7. The van der Waals surface area contributed by atoms with Crippen LogP contribution >= 0.6 is 11.8 Å². The first kappa shape index (κ1) is 36.4. The van der Waals surface area contributed by atoms with Gasteiger partial charge in [0, 0.05) is 50.7 Å². The molecule has 0 aliphatic carbocycles. The van der Waals surface area contributed by atoms with E-state index in [9.17, 15) is 9.59 Å². The number of rotatable bonds is 11. The molecule has 1 atom stereocenters. The monoisotopic (exact) mass is 759 g/mol. The number of amides is 2. The molecule has 0 radical (unpaired) electrons. The van der Waals surface area contributed by atoms with E-state index in [1.54, 1.807) is 11.8 Å². The van der Waals surface area contributed by atoms with E-state index in [1.807, 2.05) is 120 Å². The molecule has 4 heterocycles. The molecule has 7 aromatic rings. The van der Waals surface area contributed by atoms with Crippen molar-refractivity contribution in [2.75, 3.05) is 22.9 Å². The Morgan fingerprint density at radius 2 is 1.73 bits per heavy atom. The Balaban J connectivity index is 0.989. The second-order valence-corrected chi connectivity index (χ2v) is 15.2. The van der Waals surface area contributed by atoms with Crippen molar-refractivity contribution in [3.63, 3.8) is 0 Å². The second-order valence-electron chi connectivity index (χ2n) is 14.1. The maximum Gasteiger partial charge on any atom is 0.255 e. The van der Waals surface area contributed by atoms with Gasteiger partial charge >= 0.3 is 0 Å². The van der Waals surface area contributed by atoms with E-state index in [0.29, 0.717) is 40.5 Å². The predicted molar refractivity (Wildman–Crippen MR) is 222 cm³/mol. The molecular weight excluding hydrogens is 719 g/mol. The number of carbonyl (C=O) groups excluding carboxylic acids is 2. The van der Waals surface area contributed by atoms with Crippen molar-refractivity contribution in [3.8, 4) is 11.3 Å². The number of pyridine rings is 1. The van der Waals surface area contributed by atoms with Crippen LogP contribution in [0.15, 0.2) is 132 Å². The van der Waals surface area contributed by atoms with Gasteiger partial charge in [0.1, 0.15) is 18.0 Å². The molecule has 1 unspecified atom stereocenters. The standard InChI is InChI=1S/C44H41N9O2S/c1-27(2)35-20-19-34-41(50-35)47-26-48-42(34)51-36-24-30(12-21-39(36)56-33-17-13-31(45)14-18-33)44(55)49-32-15-10-29(11-16-32)37-25-46-43(52-37)38-9-6-22-53(38)40(54)23-28-7-4-3-5-8-28/h3-5,7-8,10-21,24-27,38H,6,9,22-23,45H2,1-2H3,(H,46,52)(H,49,55)(H,47,48,50,51). The summed E-state index contributed by atoms with van der Waals surface area (Å²) in [6, 6.07) is 34.5. The van der Waals surface area contributed by atoms with Crippen LogP contribution in [0.1, 0.15) is 66.1 Å². The molecule has 0 saturated carbocycles. The SMILES string of the molecule is CC(C)c1ccc2c(Nc3cc(C(=O)Nc4ccc(-c5c[nH]c(C6CCCN6C(=O)Cc6ccccc6)n5)cc4)ccc3Sc3ccc(N)cc3)ncnc2n1. The molecule has 5 N–H and O–H groups in total. The molecule has 2 amide bonds. The van der Waals surface area contributed by atoms with Crippen LogP contribution in [-0.4, -0.2) is 48.2 Å². The molecule has 280 valence electrons. The molecule has 8 rings (SSSR count). The summed E-state index contributed by atoms with van der Waals surface area (Å²) < 4.78 is 0. The number of hydrogen-bond acceptors (Lipinski definition) is 9. The van der Waals surface area contributed by atoms with Gasteiger partial charge in [-0.1, -0.05) is 68.1 Å². The van der Waals surface area contributed by atoms with Crippen LogP contribution in [0.3, 0.4) is 0 Å². The van der Waals surface area contributed by atoms with Crippen LogP contribution in [0.25, 0.3) is 22.3 Å². The van der Waals surface area contributed by atoms with Crippen molar-refractivity contribution in [2.45, 2.75) is 54.9 Å². The molecule has 12 heteroatoms. The highest BCUT2D eigenvalue weighted by atomic mass is 32.2. The quantitative estimate of drug-likeness (QED) is 0.0945. The summed E-state index contributed by atoms with van der Waals surface area (Å²) in [7, 11) is 0.